The van der Waals surface area contributed by atoms with Crippen LogP contribution in [0.1, 0.15) is 41.2 Å². The van der Waals surface area contributed by atoms with Crippen molar-refractivity contribution < 1.29 is 13.9 Å². The molecule has 8 heteroatoms. The predicted molar refractivity (Wildman–Crippen MR) is 154 cm³/mol. The summed E-state index contributed by atoms with van der Waals surface area (Å²) in [5.41, 5.74) is 6.37. The molecule has 2 N–H and O–H groups in total. The Labute approximate surface area is 233 Å². The number of furan rings is 1. The Morgan fingerprint density at radius 1 is 1.00 bits per heavy atom. The highest BCUT2D eigenvalue weighted by molar-refractivity contribution is 5.59. The van der Waals surface area contributed by atoms with Crippen LogP contribution in [0, 0.1) is 0 Å². The molecule has 7 rings (SSSR count). The zero-order valence-electron chi connectivity index (χ0n) is 22.5. The third-order valence-electron chi connectivity index (χ3n) is 8.28. The third kappa shape index (κ3) is 5.12. The van der Waals surface area contributed by atoms with Crippen LogP contribution in [0.2, 0.25) is 0 Å². The number of fused-ring (bicyclic) bond motifs is 2. The van der Waals surface area contributed by atoms with Gasteiger partial charge >= 0.3 is 0 Å². The number of anilines is 2. The predicted octanol–water partition coefficient (Wildman–Crippen LogP) is 5.32. The van der Waals surface area contributed by atoms with Crippen LogP contribution in [-0.2, 0) is 17.7 Å². The number of aromatic amines is 1. The number of likely N-dealkylation sites (tertiary alicyclic amines) is 1. The highest BCUT2D eigenvalue weighted by Gasteiger charge is 2.29. The van der Waals surface area contributed by atoms with Crippen molar-refractivity contribution >= 4 is 11.4 Å². The van der Waals surface area contributed by atoms with Crippen molar-refractivity contribution in [2.24, 2.45) is 0 Å². The first-order valence-electron chi connectivity index (χ1n) is 14.2. The molecule has 1 atom stereocenters. The van der Waals surface area contributed by atoms with E-state index in [0.717, 1.165) is 67.2 Å². The van der Waals surface area contributed by atoms with Crippen LogP contribution in [0.5, 0.6) is 11.5 Å². The van der Waals surface area contributed by atoms with E-state index in [4.69, 9.17) is 13.9 Å². The van der Waals surface area contributed by atoms with Gasteiger partial charge in [-0.05, 0) is 54.8 Å². The van der Waals surface area contributed by atoms with Crippen LogP contribution in [-0.4, -0.2) is 48.7 Å². The summed E-state index contributed by atoms with van der Waals surface area (Å²) < 4.78 is 17.9. The molecule has 2 aromatic heterocycles. The molecule has 0 spiro atoms. The van der Waals surface area contributed by atoms with Crippen molar-refractivity contribution in [2.45, 2.75) is 38.0 Å². The van der Waals surface area contributed by atoms with Gasteiger partial charge in [0.15, 0.2) is 0 Å². The second-order valence-corrected chi connectivity index (χ2v) is 11.0. The highest BCUT2D eigenvalue weighted by atomic mass is 16.5. The summed E-state index contributed by atoms with van der Waals surface area (Å²) in [5, 5.41) is 3.77. The topological polar surface area (TPSA) is 83.0 Å². The molecule has 0 saturated carbocycles. The zero-order valence-corrected chi connectivity index (χ0v) is 22.5. The van der Waals surface area contributed by atoms with Gasteiger partial charge in [0, 0.05) is 73.8 Å². The lowest BCUT2D eigenvalue weighted by molar-refractivity contribution is 0.0383. The molecule has 1 unspecified atom stereocenters. The monoisotopic (exact) mass is 538 g/mol. The van der Waals surface area contributed by atoms with Gasteiger partial charge in [-0.3, -0.25) is 9.69 Å². The van der Waals surface area contributed by atoms with E-state index in [2.05, 4.69) is 56.5 Å². The molecule has 3 aliphatic rings. The van der Waals surface area contributed by atoms with Crippen LogP contribution in [0.15, 0.2) is 82.5 Å². The molecule has 4 aromatic rings. The fraction of sp³-hybridized carbons (Fsp3) is 0.344. The number of rotatable bonds is 6. The standard InChI is InChI=1S/C32H34N4O4/c37-32-28(5-2-11-33-32)36-14-16-39-30(20-36)27-4-1-3-23-17-24-18-26(6-7-29(24)40-31(23)27)34-25-8-12-35(13-9-25)19-22-10-15-38-21-22/h1-7,10-11,15,18,21,25,30,34H,8-9,12-14,16-17,19-20H2,(H,33,37). The van der Waals surface area contributed by atoms with Crippen LogP contribution >= 0.6 is 0 Å². The minimum absolute atomic E-state index is 0.0763. The normalized spacial score (nSPS) is 19.5. The molecular formula is C32H34N4O4. The second-order valence-electron chi connectivity index (χ2n) is 11.0. The fourth-order valence-electron chi connectivity index (χ4n) is 6.17. The molecule has 2 aromatic carbocycles. The summed E-state index contributed by atoms with van der Waals surface area (Å²) in [7, 11) is 0. The van der Waals surface area contributed by atoms with Gasteiger partial charge < -0.3 is 29.1 Å². The molecule has 5 heterocycles. The number of hydrogen-bond acceptors (Lipinski definition) is 7. The lowest BCUT2D eigenvalue weighted by Gasteiger charge is -2.35. The number of aromatic nitrogens is 1. The smallest absolute Gasteiger partial charge is 0.271 e. The maximum atomic E-state index is 12.4. The number of ether oxygens (including phenoxy) is 2. The lowest BCUT2D eigenvalue weighted by atomic mass is 9.95. The second kappa shape index (κ2) is 10.9. The van der Waals surface area contributed by atoms with Crippen LogP contribution in [0.4, 0.5) is 11.4 Å². The fourth-order valence-corrected chi connectivity index (χ4v) is 6.17. The number of piperidine rings is 1. The van der Waals surface area contributed by atoms with Crippen LogP contribution < -0.4 is 20.5 Å². The highest BCUT2D eigenvalue weighted by Crippen LogP contribution is 2.43. The molecule has 2 fully saturated rings. The van der Waals surface area contributed by atoms with Gasteiger partial charge in [-0.15, -0.1) is 0 Å². The SMILES string of the molecule is O=c1[nH]cccc1N1CCOC(c2cccc3c2Oc2ccc(NC4CCN(Cc5ccoc5)CC4)cc2C3)C1. The van der Waals surface area contributed by atoms with Crippen molar-refractivity contribution in [3.63, 3.8) is 0 Å². The molecule has 40 heavy (non-hydrogen) atoms. The average Bonchev–Trinajstić information content (AvgIpc) is 3.50. The quantitative estimate of drug-likeness (QED) is 0.303. The Balaban J connectivity index is 1.02. The number of benzene rings is 2. The van der Waals surface area contributed by atoms with Crippen LogP contribution in [0.3, 0.4) is 0 Å². The maximum Gasteiger partial charge on any atom is 0.271 e. The number of para-hydroxylation sites is 1. The third-order valence-corrected chi connectivity index (χ3v) is 8.28. The first-order chi connectivity index (χ1) is 19.7. The molecule has 0 radical (unpaired) electrons. The molecule has 2 saturated heterocycles. The van der Waals surface area contributed by atoms with Gasteiger partial charge in [-0.2, -0.15) is 0 Å². The molecule has 0 aliphatic carbocycles. The van der Waals surface area contributed by atoms with Crippen LogP contribution in [0.25, 0.3) is 0 Å². The van der Waals surface area contributed by atoms with Gasteiger partial charge in [0.25, 0.3) is 5.56 Å². The Kier molecular flexibility index (Phi) is 6.79. The number of morpholine rings is 1. The Morgan fingerprint density at radius 3 is 2.77 bits per heavy atom. The molecule has 0 bridgehead atoms. The van der Waals surface area contributed by atoms with Gasteiger partial charge in [0.1, 0.15) is 23.3 Å². The van der Waals surface area contributed by atoms with E-state index in [1.807, 2.05) is 24.5 Å². The van der Waals surface area contributed by atoms with E-state index in [9.17, 15) is 4.79 Å². The van der Waals surface area contributed by atoms with E-state index in [1.165, 1.54) is 11.1 Å². The summed E-state index contributed by atoms with van der Waals surface area (Å²) in [6.45, 7) is 4.94. The van der Waals surface area contributed by atoms with Crippen molar-refractivity contribution in [3.8, 4) is 11.5 Å². The van der Waals surface area contributed by atoms with Crippen molar-refractivity contribution in [1.82, 2.24) is 9.88 Å². The van der Waals surface area contributed by atoms with E-state index in [-0.39, 0.29) is 11.7 Å². The number of nitrogens with one attached hydrogen (secondary N) is 2. The van der Waals surface area contributed by atoms with Gasteiger partial charge in [0.05, 0.1) is 19.1 Å². The van der Waals surface area contributed by atoms with Crippen molar-refractivity contribution in [2.75, 3.05) is 43.0 Å². The molecule has 206 valence electrons. The number of nitrogens with zero attached hydrogens (tertiary/aromatic N) is 2. The summed E-state index contributed by atoms with van der Waals surface area (Å²) in [6.07, 6.45) is 8.11. The van der Waals surface area contributed by atoms with E-state index < -0.39 is 0 Å². The first-order valence-corrected chi connectivity index (χ1v) is 14.2. The molecule has 3 aliphatic heterocycles. The largest absolute Gasteiger partial charge is 0.472 e. The van der Waals surface area contributed by atoms with E-state index >= 15 is 0 Å². The summed E-state index contributed by atoms with van der Waals surface area (Å²) in [4.78, 5) is 19.8. The minimum atomic E-state index is -0.176. The Bertz CT molecular complexity index is 1520. The zero-order chi connectivity index (χ0) is 26.9. The van der Waals surface area contributed by atoms with Gasteiger partial charge in [0.2, 0.25) is 0 Å². The molecular weight excluding hydrogens is 504 g/mol. The Morgan fingerprint density at radius 2 is 1.93 bits per heavy atom. The average molecular weight is 539 g/mol. The lowest BCUT2D eigenvalue weighted by Crippen LogP contribution is -2.41. The summed E-state index contributed by atoms with van der Waals surface area (Å²) in [5.74, 6) is 1.78. The summed E-state index contributed by atoms with van der Waals surface area (Å²) >= 11 is 0. The van der Waals surface area contributed by atoms with E-state index in [0.29, 0.717) is 31.4 Å². The van der Waals surface area contributed by atoms with Crippen molar-refractivity contribution in [3.05, 3.63) is 106 Å². The van der Waals surface area contributed by atoms with Gasteiger partial charge in [-0.25, -0.2) is 0 Å². The molecule has 0 amide bonds. The number of H-pyrrole nitrogens is 1. The summed E-state index contributed by atoms with van der Waals surface area (Å²) in [6, 6.07) is 19.0. The number of pyridine rings is 1. The van der Waals surface area contributed by atoms with Crippen molar-refractivity contribution in [1.29, 1.82) is 0 Å². The van der Waals surface area contributed by atoms with E-state index in [1.54, 1.807) is 12.5 Å². The maximum absolute atomic E-state index is 12.4. The minimum Gasteiger partial charge on any atom is -0.472 e. The number of hydrogen-bond donors (Lipinski definition) is 2. The van der Waals surface area contributed by atoms with Gasteiger partial charge in [-0.1, -0.05) is 18.2 Å². The molecule has 8 nitrogen and oxygen atoms in total. The Hall–Kier alpha value is -4.01. The first kappa shape index (κ1) is 25.0.